The summed E-state index contributed by atoms with van der Waals surface area (Å²) in [6.07, 6.45) is 0. The molecule has 0 aromatic heterocycles. The van der Waals surface area contributed by atoms with E-state index in [1.807, 2.05) is 78.6 Å². The molecule has 0 bridgehead atoms. The number of piperazine rings is 1. The average molecular weight is 474 g/mol. The summed E-state index contributed by atoms with van der Waals surface area (Å²) in [6.45, 7) is 3.83. The van der Waals surface area contributed by atoms with Crippen LogP contribution in [0, 0.1) is 0 Å². The SMILES string of the molecule is C[C@@H](C(=O)N1CCN(c2ccc(Cl)cc2Cl)[C@H](c2ccc(Cl)cc2)C1)c1ccccc1. The van der Waals surface area contributed by atoms with Crippen LogP contribution in [0.1, 0.15) is 30.0 Å². The normalized spacial score (nSPS) is 17.5. The summed E-state index contributed by atoms with van der Waals surface area (Å²) in [5, 5.41) is 1.88. The topological polar surface area (TPSA) is 23.6 Å². The number of halogens is 3. The predicted octanol–water partition coefficient (Wildman–Crippen LogP) is 6.84. The molecule has 31 heavy (non-hydrogen) atoms. The zero-order chi connectivity index (χ0) is 22.0. The molecule has 3 aromatic carbocycles. The molecule has 0 N–H and O–H groups in total. The summed E-state index contributed by atoms with van der Waals surface area (Å²) >= 11 is 18.8. The minimum absolute atomic E-state index is 0.0448. The van der Waals surface area contributed by atoms with E-state index in [1.54, 1.807) is 6.07 Å². The molecule has 1 amide bonds. The van der Waals surface area contributed by atoms with Crippen LogP contribution in [0.3, 0.4) is 0 Å². The van der Waals surface area contributed by atoms with Crippen LogP contribution in [0.4, 0.5) is 5.69 Å². The second-order valence-electron chi connectivity index (χ2n) is 7.77. The summed E-state index contributed by atoms with van der Waals surface area (Å²) in [5.74, 6) is -0.0650. The van der Waals surface area contributed by atoms with Gasteiger partial charge in [-0.3, -0.25) is 4.79 Å². The fourth-order valence-electron chi connectivity index (χ4n) is 4.11. The maximum atomic E-state index is 13.3. The third-order valence-electron chi connectivity index (χ3n) is 5.84. The Bertz CT molecular complexity index is 1060. The third-order valence-corrected chi connectivity index (χ3v) is 6.63. The first-order valence-electron chi connectivity index (χ1n) is 10.2. The van der Waals surface area contributed by atoms with Gasteiger partial charge in [-0.25, -0.2) is 0 Å². The van der Waals surface area contributed by atoms with Crippen molar-refractivity contribution in [3.8, 4) is 0 Å². The van der Waals surface area contributed by atoms with Crippen LogP contribution < -0.4 is 4.90 Å². The Morgan fingerprint density at radius 1 is 0.903 bits per heavy atom. The molecule has 3 nitrogen and oxygen atoms in total. The van der Waals surface area contributed by atoms with E-state index in [4.69, 9.17) is 34.8 Å². The fourth-order valence-corrected chi connectivity index (χ4v) is 4.76. The monoisotopic (exact) mass is 472 g/mol. The number of amides is 1. The van der Waals surface area contributed by atoms with Gasteiger partial charge in [-0.15, -0.1) is 0 Å². The second-order valence-corrected chi connectivity index (χ2v) is 9.05. The van der Waals surface area contributed by atoms with Crippen molar-refractivity contribution in [2.75, 3.05) is 24.5 Å². The van der Waals surface area contributed by atoms with Crippen molar-refractivity contribution in [2.24, 2.45) is 0 Å². The Hall–Kier alpha value is -2.20. The Balaban J connectivity index is 1.64. The molecule has 1 saturated heterocycles. The van der Waals surface area contributed by atoms with E-state index < -0.39 is 0 Å². The largest absolute Gasteiger partial charge is 0.360 e. The molecular weight excluding hydrogens is 451 g/mol. The smallest absolute Gasteiger partial charge is 0.229 e. The Labute approximate surface area is 198 Å². The zero-order valence-corrected chi connectivity index (χ0v) is 19.4. The summed E-state index contributed by atoms with van der Waals surface area (Å²) < 4.78 is 0. The van der Waals surface area contributed by atoms with Gasteiger partial charge in [0.15, 0.2) is 0 Å². The van der Waals surface area contributed by atoms with Crippen molar-refractivity contribution >= 4 is 46.4 Å². The van der Waals surface area contributed by atoms with E-state index in [1.165, 1.54) is 0 Å². The van der Waals surface area contributed by atoms with Crippen LogP contribution in [-0.4, -0.2) is 30.4 Å². The number of anilines is 1. The summed E-state index contributed by atoms with van der Waals surface area (Å²) in [7, 11) is 0. The number of carbonyl (C=O) groups is 1. The molecule has 160 valence electrons. The van der Waals surface area contributed by atoms with Gasteiger partial charge in [0.05, 0.1) is 22.7 Å². The predicted molar refractivity (Wildman–Crippen MR) is 129 cm³/mol. The van der Waals surface area contributed by atoms with Crippen molar-refractivity contribution in [1.82, 2.24) is 4.90 Å². The first-order valence-corrected chi connectivity index (χ1v) is 11.4. The molecule has 4 rings (SSSR count). The highest BCUT2D eigenvalue weighted by Gasteiger charge is 2.33. The van der Waals surface area contributed by atoms with Gasteiger partial charge < -0.3 is 9.80 Å². The molecule has 1 heterocycles. The summed E-state index contributed by atoms with van der Waals surface area (Å²) in [5.41, 5.74) is 3.02. The Kier molecular flexibility index (Phi) is 6.76. The van der Waals surface area contributed by atoms with Crippen LogP contribution >= 0.6 is 34.8 Å². The molecular formula is C25H23Cl3N2O. The minimum Gasteiger partial charge on any atom is -0.360 e. The Morgan fingerprint density at radius 3 is 2.26 bits per heavy atom. The van der Waals surface area contributed by atoms with Crippen LogP contribution in [-0.2, 0) is 4.79 Å². The van der Waals surface area contributed by atoms with Gasteiger partial charge in [0.1, 0.15) is 0 Å². The quantitative estimate of drug-likeness (QED) is 0.414. The van der Waals surface area contributed by atoms with Crippen molar-refractivity contribution in [2.45, 2.75) is 18.9 Å². The fraction of sp³-hybridized carbons (Fsp3) is 0.240. The lowest BCUT2D eigenvalue weighted by atomic mass is 9.97. The molecule has 0 saturated carbocycles. The second kappa shape index (κ2) is 9.52. The van der Waals surface area contributed by atoms with Crippen LogP contribution in [0.5, 0.6) is 0 Å². The molecule has 0 radical (unpaired) electrons. The van der Waals surface area contributed by atoms with Gasteiger partial charge in [-0.2, -0.15) is 0 Å². The number of hydrogen-bond acceptors (Lipinski definition) is 2. The van der Waals surface area contributed by atoms with E-state index in [-0.39, 0.29) is 17.9 Å². The van der Waals surface area contributed by atoms with E-state index in [0.717, 1.165) is 16.8 Å². The number of benzene rings is 3. The third kappa shape index (κ3) is 4.85. The lowest BCUT2D eigenvalue weighted by Crippen LogP contribution is -2.51. The van der Waals surface area contributed by atoms with E-state index in [2.05, 4.69) is 4.90 Å². The molecule has 1 aliphatic rings. The molecule has 1 aliphatic heterocycles. The maximum Gasteiger partial charge on any atom is 0.229 e. The lowest BCUT2D eigenvalue weighted by Gasteiger charge is -2.44. The molecule has 0 aliphatic carbocycles. The van der Waals surface area contributed by atoms with Crippen molar-refractivity contribution in [3.05, 3.63) is 99.0 Å². The lowest BCUT2D eigenvalue weighted by molar-refractivity contribution is -0.133. The van der Waals surface area contributed by atoms with E-state index in [0.29, 0.717) is 34.7 Å². The zero-order valence-electron chi connectivity index (χ0n) is 17.1. The highest BCUT2D eigenvalue weighted by molar-refractivity contribution is 6.36. The van der Waals surface area contributed by atoms with Gasteiger partial charge in [0, 0.05) is 29.7 Å². The summed E-state index contributed by atoms with van der Waals surface area (Å²) in [6, 6.07) is 23.2. The minimum atomic E-state index is -0.197. The van der Waals surface area contributed by atoms with Gasteiger partial charge in [0.25, 0.3) is 0 Å². The highest BCUT2D eigenvalue weighted by Crippen LogP contribution is 2.37. The van der Waals surface area contributed by atoms with E-state index in [9.17, 15) is 4.79 Å². The van der Waals surface area contributed by atoms with Crippen molar-refractivity contribution in [1.29, 1.82) is 0 Å². The first kappa shape index (κ1) is 22.0. The van der Waals surface area contributed by atoms with Gasteiger partial charge in [0.2, 0.25) is 5.91 Å². The van der Waals surface area contributed by atoms with Gasteiger partial charge in [-0.1, -0.05) is 77.3 Å². The molecule has 0 unspecified atom stereocenters. The van der Waals surface area contributed by atoms with Crippen LogP contribution in [0.2, 0.25) is 15.1 Å². The maximum absolute atomic E-state index is 13.3. The standard InChI is InChI=1S/C25H23Cl3N2O/c1-17(18-5-3-2-4-6-18)25(31)29-13-14-30(23-12-11-21(27)15-22(23)28)24(16-29)19-7-9-20(26)10-8-19/h2-12,15,17,24H,13-14,16H2,1H3/t17-,24+/m1/s1. The molecule has 3 aromatic rings. The van der Waals surface area contributed by atoms with Crippen molar-refractivity contribution < 1.29 is 4.79 Å². The molecule has 2 atom stereocenters. The van der Waals surface area contributed by atoms with Crippen LogP contribution in [0.15, 0.2) is 72.8 Å². The number of carbonyl (C=O) groups excluding carboxylic acids is 1. The molecule has 1 fully saturated rings. The Morgan fingerprint density at radius 2 is 1.58 bits per heavy atom. The van der Waals surface area contributed by atoms with Gasteiger partial charge in [-0.05, 0) is 48.4 Å². The number of rotatable bonds is 4. The van der Waals surface area contributed by atoms with Crippen LogP contribution in [0.25, 0.3) is 0 Å². The molecule has 0 spiro atoms. The average Bonchev–Trinajstić information content (AvgIpc) is 2.79. The van der Waals surface area contributed by atoms with Crippen molar-refractivity contribution in [3.63, 3.8) is 0 Å². The highest BCUT2D eigenvalue weighted by atomic mass is 35.5. The van der Waals surface area contributed by atoms with E-state index >= 15 is 0 Å². The molecule has 6 heteroatoms. The van der Waals surface area contributed by atoms with Gasteiger partial charge >= 0.3 is 0 Å². The number of nitrogens with zero attached hydrogens (tertiary/aromatic N) is 2. The number of hydrogen-bond donors (Lipinski definition) is 0. The first-order chi connectivity index (χ1) is 14.9. The summed E-state index contributed by atoms with van der Waals surface area (Å²) in [4.78, 5) is 17.5.